The number of ether oxygens (including phenoxy) is 1. The maximum atomic E-state index is 12.6. The van der Waals surface area contributed by atoms with Crippen molar-refractivity contribution in [3.63, 3.8) is 0 Å². The van der Waals surface area contributed by atoms with Gasteiger partial charge < -0.3 is 4.74 Å². The highest BCUT2D eigenvalue weighted by atomic mass is 19.4. The predicted octanol–water partition coefficient (Wildman–Crippen LogP) is 2.92. The van der Waals surface area contributed by atoms with Gasteiger partial charge in [-0.05, 0) is 0 Å². The topological polar surface area (TPSA) is 45.9 Å². The van der Waals surface area contributed by atoms with E-state index in [0.29, 0.717) is 6.20 Å². The maximum absolute atomic E-state index is 12.6. The van der Waals surface area contributed by atoms with Crippen molar-refractivity contribution in [2.75, 3.05) is 7.11 Å². The smallest absolute Gasteiger partial charge is 0.433 e. The van der Waals surface area contributed by atoms with Gasteiger partial charge in [-0.15, -0.1) is 0 Å². The number of nitrogens with zero attached hydrogens (tertiary/aromatic N) is 2. The molecule has 92 valence electrons. The summed E-state index contributed by atoms with van der Waals surface area (Å²) < 4.78 is 66.9. The second kappa shape index (κ2) is 4.53. The molecule has 0 aliphatic carbocycles. The van der Waals surface area contributed by atoms with E-state index in [4.69, 9.17) is 5.26 Å². The molecule has 0 amide bonds. The van der Waals surface area contributed by atoms with Gasteiger partial charge >= 0.3 is 6.18 Å². The molecule has 0 saturated carbocycles. The van der Waals surface area contributed by atoms with E-state index in [2.05, 4.69) is 9.72 Å². The Morgan fingerprint density at radius 1 is 1.41 bits per heavy atom. The number of aromatic nitrogens is 1. The molecule has 0 spiro atoms. The molecule has 8 heteroatoms. The molecule has 0 atom stereocenters. The van der Waals surface area contributed by atoms with Crippen LogP contribution in [0.15, 0.2) is 6.20 Å². The molecule has 1 heterocycles. The number of rotatable bonds is 2. The van der Waals surface area contributed by atoms with Gasteiger partial charge in [-0.1, -0.05) is 0 Å². The number of alkyl halides is 5. The van der Waals surface area contributed by atoms with E-state index in [9.17, 15) is 22.0 Å². The minimum Gasteiger partial charge on any atom is -0.495 e. The fraction of sp³-hybridized carbons (Fsp3) is 0.333. The van der Waals surface area contributed by atoms with Crippen LogP contribution in [0.4, 0.5) is 22.0 Å². The molecule has 0 aliphatic rings. The van der Waals surface area contributed by atoms with Crippen LogP contribution in [0.5, 0.6) is 5.75 Å². The first kappa shape index (κ1) is 13.2. The molecule has 1 aromatic heterocycles. The lowest BCUT2D eigenvalue weighted by Gasteiger charge is -2.15. The van der Waals surface area contributed by atoms with E-state index in [-0.39, 0.29) is 0 Å². The lowest BCUT2D eigenvalue weighted by Crippen LogP contribution is -2.14. The molecule has 0 bridgehead atoms. The number of methoxy groups -OCH3 is 1. The van der Waals surface area contributed by atoms with Crippen molar-refractivity contribution < 1.29 is 26.7 Å². The van der Waals surface area contributed by atoms with Crippen LogP contribution in [0, 0.1) is 11.3 Å². The van der Waals surface area contributed by atoms with Crippen LogP contribution < -0.4 is 4.74 Å². The number of nitriles is 1. The third-order valence-electron chi connectivity index (χ3n) is 1.88. The van der Waals surface area contributed by atoms with Crippen molar-refractivity contribution in [3.8, 4) is 11.8 Å². The Kier molecular flexibility index (Phi) is 3.50. The third-order valence-corrected chi connectivity index (χ3v) is 1.88. The highest BCUT2D eigenvalue weighted by Crippen LogP contribution is 2.40. The van der Waals surface area contributed by atoms with Crippen LogP contribution in [-0.2, 0) is 6.18 Å². The highest BCUT2D eigenvalue weighted by Gasteiger charge is 2.40. The van der Waals surface area contributed by atoms with Crippen LogP contribution in [0.1, 0.15) is 23.2 Å². The molecule has 0 N–H and O–H groups in total. The fourth-order valence-corrected chi connectivity index (χ4v) is 1.24. The molecule has 0 aliphatic heterocycles. The van der Waals surface area contributed by atoms with Gasteiger partial charge in [0.2, 0.25) is 0 Å². The summed E-state index contributed by atoms with van der Waals surface area (Å²) in [4.78, 5) is 2.84. The Labute approximate surface area is 92.4 Å². The van der Waals surface area contributed by atoms with Crippen molar-refractivity contribution >= 4 is 0 Å². The normalized spacial score (nSPS) is 11.4. The molecule has 1 aromatic rings. The molecular formula is C9H5F5N2O. The van der Waals surface area contributed by atoms with Gasteiger partial charge in [0.15, 0.2) is 5.69 Å². The lowest BCUT2D eigenvalue weighted by atomic mass is 10.1. The molecular weight excluding hydrogens is 247 g/mol. The molecule has 0 fully saturated rings. The Bertz CT molecular complexity index is 464. The number of hydrogen-bond donors (Lipinski definition) is 0. The van der Waals surface area contributed by atoms with Crippen LogP contribution >= 0.6 is 0 Å². The van der Waals surface area contributed by atoms with E-state index in [1.807, 2.05) is 0 Å². The summed E-state index contributed by atoms with van der Waals surface area (Å²) in [5, 5.41) is 8.55. The minimum atomic E-state index is -5.03. The first-order valence-electron chi connectivity index (χ1n) is 4.15. The second-order valence-corrected chi connectivity index (χ2v) is 2.88. The number of halogens is 5. The van der Waals surface area contributed by atoms with Crippen LogP contribution in [0.2, 0.25) is 0 Å². The summed E-state index contributed by atoms with van der Waals surface area (Å²) in [5.41, 5.74) is -3.64. The van der Waals surface area contributed by atoms with Gasteiger partial charge in [0.05, 0.1) is 12.7 Å². The average Bonchev–Trinajstić information content (AvgIpc) is 2.25. The van der Waals surface area contributed by atoms with Crippen molar-refractivity contribution in [3.05, 3.63) is 23.0 Å². The zero-order valence-corrected chi connectivity index (χ0v) is 8.35. The largest absolute Gasteiger partial charge is 0.495 e. The van der Waals surface area contributed by atoms with E-state index < -0.39 is 35.2 Å². The van der Waals surface area contributed by atoms with Crippen LogP contribution in [0.3, 0.4) is 0 Å². The fourth-order valence-electron chi connectivity index (χ4n) is 1.24. The first-order chi connectivity index (χ1) is 7.82. The van der Waals surface area contributed by atoms with Gasteiger partial charge in [-0.3, -0.25) is 0 Å². The van der Waals surface area contributed by atoms with E-state index >= 15 is 0 Å². The Morgan fingerprint density at radius 3 is 2.35 bits per heavy atom. The monoisotopic (exact) mass is 252 g/mol. The Hall–Kier alpha value is -1.91. The van der Waals surface area contributed by atoms with Gasteiger partial charge in [0, 0.05) is 6.20 Å². The van der Waals surface area contributed by atoms with E-state index in [1.165, 1.54) is 6.07 Å². The first-order valence-corrected chi connectivity index (χ1v) is 4.15. The summed E-state index contributed by atoms with van der Waals surface area (Å²) in [5.74, 6) is -0.801. The van der Waals surface area contributed by atoms with Crippen LogP contribution in [-0.4, -0.2) is 12.1 Å². The molecule has 3 nitrogen and oxygen atoms in total. The Morgan fingerprint density at radius 2 is 2.00 bits per heavy atom. The van der Waals surface area contributed by atoms with Gasteiger partial charge in [0.25, 0.3) is 6.43 Å². The molecule has 17 heavy (non-hydrogen) atoms. The molecule has 0 aromatic carbocycles. The number of hydrogen-bond acceptors (Lipinski definition) is 3. The average molecular weight is 252 g/mol. The maximum Gasteiger partial charge on any atom is 0.433 e. The molecule has 0 radical (unpaired) electrons. The van der Waals surface area contributed by atoms with Crippen molar-refractivity contribution in [2.24, 2.45) is 0 Å². The lowest BCUT2D eigenvalue weighted by molar-refractivity contribution is -0.143. The summed E-state index contributed by atoms with van der Waals surface area (Å²) >= 11 is 0. The van der Waals surface area contributed by atoms with Crippen molar-refractivity contribution in [1.29, 1.82) is 5.26 Å². The van der Waals surface area contributed by atoms with Gasteiger partial charge in [-0.25, -0.2) is 13.8 Å². The van der Waals surface area contributed by atoms with Crippen LogP contribution in [0.25, 0.3) is 0 Å². The zero-order valence-electron chi connectivity index (χ0n) is 8.35. The van der Waals surface area contributed by atoms with E-state index in [1.54, 1.807) is 0 Å². The highest BCUT2D eigenvalue weighted by molar-refractivity contribution is 5.50. The quantitative estimate of drug-likeness (QED) is 0.760. The Balaban J connectivity index is 3.61. The second-order valence-electron chi connectivity index (χ2n) is 2.88. The summed E-state index contributed by atoms with van der Waals surface area (Å²) in [6.45, 7) is 0. The molecule has 0 saturated heterocycles. The van der Waals surface area contributed by atoms with E-state index in [0.717, 1.165) is 7.11 Å². The SMILES string of the molecule is COc1c(C#N)cnc(C(F)(F)F)c1C(F)F. The zero-order chi connectivity index (χ0) is 13.2. The molecule has 0 unspecified atom stereocenters. The van der Waals surface area contributed by atoms with Gasteiger partial charge in [-0.2, -0.15) is 18.4 Å². The third kappa shape index (κ3) is 2.43. The predicted molar refractivity (Wildman–Crippen MR) is 45.5 cm³/mol. The summed E-state index contributed by atoms with van der Waals surface area (Å²) in [6, 6.07) is 1.43. The van der Waals surface area contributed by atoms with Crippen molar-refractivity contribution in [1.82, 2.24) is 4.98 Å². The van der Waals surface area contributed by atoms with Gasteiger partial charge in [0.1, 0.15) is 17.4 Å². The minimum absolute atomic E-state index is 0.476. The van der Waals surface area contributed by atoms with Crippen molar-refractivity contribution in [2.45, 2.75) is 12.6 Å². The standard InChI is InChI=1S/C9H5F5N2O/c1-17-6-4(2-15)3-16-7(9(12,13)14)5(6)8(10)11/h3,8H,1H3. The summed E-state index contributed by atoms with van der Waals surface area (Å²) in [6.07, 6.45) is -7.93. The summed E-state index contributed by atoms with van der Waals surface area (Å²) in [7, 11) is 0.905. The number of pyridine rings is 1. The molecule has 1 rings (SSSR count).